The van der Waals surface area contributed by atoms with E-state index < -0.39 is 5.82 Å². The van der Waals surface area contributed by atoms with Gasteiger partial charge in [0.25, 0.3) is 0 Å². The number of amides is 2. The van der Waals surface area contributed by atoms with Crippen molar-refractivity contribution in [3.05, 3.63) is 58.8 Å². The molecule has 1 heterocycles. The third kappa shape index (κ3) is 5.36. The average Bonchev–Trinajstić information content (AvgIpc) is 3.15. The molecular weight excluding hydrogens is 451 g/mol. The molecule has 11 heteroatoms. The Bertz CT molecular complexity index is 999. The fraction of sp³-hybridized carbons (Fsp3) is 0.118. The van der Waals surface area contributed by atoms with Crippen molar-refractivity contribution in [1.29, 1.82) is 0 Å². The van der Waals surface area contributed by atoms with Gasteiger partial charge in [-0.2, -0.15) is 4.68 Å². The molecule has 8 nitrogen and oxygen atoms in total. The van der Waals surface area contributed by atoms with Crippen LogP contribution in [-0.4, -0.2) is 44.3 Å². The quantitative estimate of drug-likeness (QED) is 0.520. The Labute approximate surface area is 172 Å². The fourth-order valence-corrected chi connectivity index (χ4v) is 3.26. The minimum Gasteiger partial charge on any atom is -0.346 e. The highest BCUT2D eigenvalue weighted by atomic mass is 79.9. The molecule has 1 aromatic heterocycles. The Balaban J connectivity index is 1.50. The Kier molecular flexibility index (Phi) is 6.71. The van der Waals surface area contributed by atoms with Gasteiger partial charge in [-0.3, -0.25) is 9.59 Å². The number of aromatic nitrogens is 4. The summed E-state index contributed by atoms with van der Waals surface area (Å²) in [4.78, 5) is 24.0. The first-order valence-corrected chi connectivity index (χ1v) is 9.79. The predicted molar refractivity (Wildman–Crippen MR) is 106 cm³/mol. The highest BCUT2D eigenvalue weighted by molar-refractivity contribution is 9.10. The van der Waals surface area contributed by atoms with Gasteiger partial charge in [0, 0.05) is 4.47 Å². The van der Waals surface area contributed by atoms with Crippen molar-refractivity contribution in [3.8, 4) is 5.69 Å². The van der Waals surface area contributed by atoms with Crippen molar-refractivity contribution in [3.63, 3.8) is 0 Å². The van der Waals surface area contributed by atoms with Crippen LogP contribution in [0.2, 0.25) is 0 Å². The lowest BCUT2D eigenvalue weighted by molar-refractivity contribution is -0.122. The van der Waals surface area contributed by atoms with Gasteiger partial charge in [0.1, 0.15) is 5.82 Å². The number of nitrogens with zero attached hydrogens (tertiary/aromatic N) is 4. The molecule has 0 unspecified atom stereocenters. The van der Waals surface area contributed by atoms with Crippen LogP contribution in [0.3, 0.4) is 0 Å². The molecule has 0 spiro atoms. The van der Waals surface area contributed by atoms with Gasteiger partial charge >= 0.3 is 0 Å². The number of para-hydroxylation sites is 1. The van der Waals surface area contributed by atoms with Gasteiger partial charge in [-0.1, -0.05) is 30.0 Å². The van der Waals surface area contributed by atoms with Gasteiger partial charge in [0.2, 0.25) is 17.0 Å². The lowest BCUT2D eigenvalue weighted by Gasteiger charge is -2.08. The summed E-state index contributed by atoms with van der Waals surface area (Å²) in [6, 6.07) is 12.9. The van der Waals surface area contributed by atoms with E-state index in [1.165, 1.54) is 22.9 Å². The Morgan fingerprint density at radius 3 is 2.75 bits per heavy atom. The average molecular weight is 465 g/mol. The molecule has 0 fully saturated rings. The summed E-state index contributed by atoms with van der Waals surface area (Å²) in [6.45, 7) is -0.171. The standard InChI is InChI=1S/C17H14BrFN6O2S/c18-13-6-1-2-7-14(13)21-15(26)9-20-16(27)10-28-17-22-23-24-25(17)12-5-3-4-11(19)8-12/h1-8H,9-10H2,(H,20,27)(H,21,26). The third-order valence-corrected chi connectivity index (χ3v) is 5.03. The van der Waals surface area contributed by atoms with Gasteiger partial charge in [0.15, 0.2) is 0 Å². The second-order valence-electron chi connectivity index (χ2n) is 5.45. The van der Waals surface area contributed by atoms with Crippen molar-refractivity contribution in [1.82, 2.24) is 25.5 Å². The van der Waals surface area contributed by atoms with Gasteiger partial charge in [0.05, 0.1) is 23.7 Å². The van der Waals surface area contributed by atoms with Gasteiger partial charge < -0.3 is 10.6 Å². The lowest BCUT2D eigenvalue weighted by Crippen LogP contribution is -2.34. The smallest absolute Gasteiger partial charge is 0.243 e. The van der Waals surface area contributed by atoms with E-state index in [9.17, 15) is 14.0 Å². The number of halogens is 2. The summed E-state index contributed by atoms with van der Waals surface area (Å²) in [5, 5.41) is 16.7. The van der Waals surface area contributed by atoms with E-state index in [2.05, 4.69) is 42.1 Å². The molecule has 0 saturated heterocycles. The molecule has 0 radical (unpaired) electrons. The molecule has 0 atom stereocenters. The first-order valence-electron chi connectivity index (χ1n) is 8.01. The second-order valence-corrected chi connectivity index (χ2v) is 7.24. The van der Waals surface area contributed by atoms with Crippen molar-refractivity contribution in [2.24, 2.45) is 0 Å². The molecule has 144 valence electrons. The molecule has 3 rings (SSSR count). The first kappa shape index (κ1) is 20.0. The zero-order valence-electron chi connectivity index (χ0n) is 14.3. The summed E-state index contributed by atoms with van der Waals surface area (Å²) < 4.78 is 15.4. The third-order valence-electron chi connectivity index (χ3n) is 3.42. The number of tetrazole rings is 1. The summed E-state index contributed by atoms with van der Waals surface area (Å²) in [7, 11) is 0. The molecule has 2 amide bonds. The number of carbonyl (C=O) groups is 2. The van der Waals surface area contributed by atoms with Crippen molar-refractivity contribution < 1.29 is 14.0 Å². The van der Waals surface area contributed by atoms with E-state index in [0.29, 0.717) is 16.5 Å². The van der Waals surface area contributed by atoms with Gasteiger partial charge in [-0.25, -0.2) is 4.39 Å². The molecule has 0 aliphatic rings. The monoisotopic (exact) mass is 464 g/mol. The normalized spacial score (nSPS) is 10.5. The van der Waals surface area contributed by atoms with Crippen LogP contribution >= 0.6 is 27.7 Å². The number of anilines is 1. The van der Waals surface area contributed by atoms with E-state index in [1.54, 1.807) is 24.3 Å². The zero-order valence-corrected chi connectivity index (χ0v) is 16.7. The Morgan fingerprint density at radius 1 is 1.14 bits per heavy atom. The summed E-state index contributed by atoms with van der Waals surface area (Å²) >= 11 is 4.41. The summed E-state index contributed by atoms with van der Waals surface area (Å²) in [5.74, 6) is -1.13. The molecule has 0 saturated carbocycles. The minimum atomic E-state index is -0.419. The largest absolute Gasteiger partial charge is 0.346 e. The Morgan fingerprint density at radius 2 is 1.96 bits per heavy atom. The number of hydrogen-bond donors (Lipinski definition) is 2. The molecule has 0 aliphatic heterocycles. The molecule has 3 aromatic rings. The van der Waals surface area contributed by atoms with Crippen LogP contribution in [-0.2, 0) is 9.59 Å². The number of carbonyl (C=O) groups excluding carboxylic acids is 2. The molecular formula is C17H14BrFN6O2S. The van der Waals surface area contributed by atoms with Crippen LogP contribution in [0.5, 0.6) is 0 Å². The topological polar surface area (TPSA) is 102 Å². The van der Waals surface area contributed by atoms with E-state index >= 15 is 0 Å². The van der Waals surface area contributed by atoms with Crippen LogP contribution < -0.4 is 10.6 Å². The molecule has 0 bridgehead atoms. The van der Waals surface area contributed by atoms with Crippen LogP contribution in [0, 0.1) is 5.82 Å². The van der Waals surface area contributed by atoms with E-state index in [4.69, 9.17) is 0 Å². The summed E-state index contributed by atoms with van der Waals surface area (Å²) in [6.07, 6.45) is 0. The van der Waals surface area contributed by atoms with Crippen molar-refractivity contribution in [2.45, 2.75) is 5.16 Å². The molecule has 0 aliphatic carbocycles. The zero-order chi connectivity index (χ0) is 19.9. The Hall–Kier alpha value is -2.79. The van der Waals surface area contributed by atoms with E-state index in [1.807, 2.05) is 6.07 Å². The maximum Gasteiger partial charge on any atom is 0.243 e. The first-order chi connectivity index (χ1) is 13.5. The molecule has 2 aromatic carbocycles. The highest BCUT2D eigenvalue weighted by Gasteiger charge is 2.13. The second kappa shape index (κ2) is 9.42. The maximum absolute atomic E-state index is 13.4. The van der Waals surface area contributed by atoms with E-state index in [-0.39, 0.29) is 24.1 Å². The predicted octanol–water partition coefficient (Wildman–Crippen LogP) is 2.41. The van der Waals surface area contributed by atoms with Crippen LogP contribution in [0.15, 0.2) is 58.2 Å². The lowest BCUT2D eigenvalue weighted by atomic mass is 10.3. The van der Waals surface area contributed by atoms with Crippen molar-refractivity contribution >= 4 is 45.2 Å². The fourth-order valence-electron chi connectivity index (χ4n) is 2.16. The number of benzene rings is 2. The summed E-state index contributed by atoms with van der Waals surface area (Å²) in [5.41, 5.74) is 1.06. The van der Waals surface area contributed by atoms with Crippen LogP contribution in [0.25, 0.3) is 5.69 Å². The number of hydrogen-bond acceptors (Lipinski definition) is 6. The van der Waals surface area contributed by atoms with Crippen LogP contribution in [0.1, 0.15) is 0 Å². The van der Waals surface area contributed by atoms with E-state index in [0.717, 1.165) is 16.2 Å². The molecule has 2 N–H and O–H groups in total. The SMILES string of the molecule is O=C(CSc1nnnn1-c1cccc(F)c1)NCC(=O)Nc1ccccc1Br. The number of nitrogens with one attached hydrogen (secondary N) is 2. The van der Waals surface area contributed by atoms with Gasteiger partial charge in [-0.05, 0) is 56.7 Å². The van der Waals surface area contributed by atoms with Gasteiger partial charge in [-0.15, -0.1) is 5.10 Å². The van der Waals surface area contributed by atoms with Crippen LogP contribution in [0.4, 0.5) is 10.1 Å². The number of thioether (sulfide) groups is 1. The molecule has 28 heavy (non-hydrogen) atoms. The minimum absolute atomic E-state index is 0.00198. The van der Waals surface area contributed by atoms with Crippen molar-refractivity contribution in [2.75, 3.05) is 17.6 Å². The number of rotatable bonds is 7. The maximum atomic E-state index is 13.4. The highest BCUT2D eigenvalue weighted by Crippen LogP contribution is 2.21.